The van der Waals surface area contributed by atoms with Crippen molar-refractivity contribution in [1.82, 2.24) is 9.88 Å². The fraction of sp³-hybridized carbons (Fsp3) is 0.294. The number of halogens is 1. The number of carbonyl (C=O) groups excluding carboxylic acids is 1. The van der Waals surface area contributed by atoms with Crippen molar-refractivity contribution < 1.29 is 9.18 Å². The number of nitrogens with zero attached hydrogens (tertiary/aromatic N) is 2. The molecule has 1 amide bonds. The Hall–Kier alpha value is -2.27. The van der Waals surface area contributed by atoms with Crippen molar-refractivity contribution in [1.29, 1.82) is 0 Å². The van der Waals surface area contributed by atoms with Crippen molar-refractivity contribution in [3.63, 3.8) is 0 Å². The summed E-state index contributed by atoms with van der Waals surface area (Å²) in [6.45, 7) is 0.577. The fourth-order valence-electron chi connectivity index (χ4n) is 3.03. The average molecular weight is 299 g/mol. The van der Waals surface area contributed by atoms with E-state index in [9.17, 15) is 9.18 Å². The molecule has 0 spiro atoms. The van der Waals surface area contributed by atoms with E-state index in [1.165, 1.54) is 6.07 Å². The van der Waals surface area contributed by atoms with Gasteiger partial charge >= 0.3 is 0 Å². The van der Waals surface area contributed by atoms with E-state index < -0.39 is 6.04 Å². The number of likely N-dealkylation sites (tertiary alicyclic amines) is 1. The number of amides is 1. The Morgan fingerprint density at radius 1 is 1.23 bits per heavy atom. The van der Waals surface area contributed by atoms with Gasteiger partial charge in [-0.15, -0.1) is 0 Å². The number of benzene rings is 1. The minimum absolute atomic E-state index is 0.134. The third-order valence-corrected chi connectivity index (χ3v) is 4.09. The molecule has 0 saturated carbocycles. The number of aromatic nitrogens is 1. The van der Waals surface area contributed by atoms with Crippen LogP contribution in [0.15, 0.2) is 48.8 Å². The van der Waals surface area contributed by atoms with Crippen LogP contribution in [0, 0.1) is 5.82 Å². The van der Waals surface area contributed by atoms with Crippen molar-refractivity contribution in [2.75, 3.05) is 6.54 Å². The van der Waals surface area contributed by atoms with Crippen LogP contribution in [0.1, 0.15) is 34.8 Å². The summed E-state index contributed by atoms with van der Waals surface area (Å²) >= 11 is 0. The molecule has 2 N–H and O–H groups in total. The monoisotopic (exact) mass is 299 g/mol. The highest BCUT2D eigenvalue weighted by Crippen LogP contribution is 2.32. The molecule has 0 bridgehead atoms. The first-order valence-corrected chi connectivity index (χ1v) is 7.39. The van der Waals surface area contributed by atoms with E-state index in [1.54, 1.807) is 47.6 Å². The van der Waals surface area contributed by atoms with Crippen LogP contribution in [0.25, 0.3) is 0 Å². The van der Waals surface area contributed by atoms with Gasteiger partial charge < -0.3 is 10.6 Å². The van der Waals surface area contributed by atoms with Gasteiger partial charge in [0.1, 0.15) is 5.82 Å². The van der Waals surface area contributed by atoms with Crippen molar-refractivity contribution in [3.8, 4) is 0 Å². The molecule has 1 aromatic carbocycles. The van der Waals surface area contributed by atoms with E-state index in [0.717, 1.165) is 12.8 Å². The number of pyridine rings is 1. The van der Waals surface area contributed by atoms with Crippen LogP contribution in [-0.2, 0) is 0 Å². The average Bonchev–Trinajstić information content (AvgIpc) is 2.56. The van der Waals surface area contributed by atoms with Gasteiger partial charge in [0.15, 0.2) is 0 Å². The van der Waals surface area contributed by atoms with Crippen LogP contribution in [0.3, 0.4) is 0 Å². The third-order valence-electron chi connectivity index (χ3n) is 4.09. The van der Waals surface area contributed by atoms with Crippen molar-refractivity contribution in [2.45, 2.75) is 24.9 Å². The van der Waals surface area contributed by atoms with Gasteiger partial charge in [0.05, 0.1) is 6.04 Å². The van der Waals surface area contributed by atoms with Crippen LogP contribution in [0.4, 0.5) is 4.39 Å². The lowest BCUT2D eigenvalue weighted by Crippen LogP contribution is -2.48. The van der Waals surface area contributed by atoms with Crippen LogP contribution < -0.4 is 5.73 Å². The zero-order valence-corrected chi connectivity index (χ0v) is 12.2. The first-order valence-electron chi connectivity index (χ1n) is 7.39. The Kier molecular flexibility index (Phi) is 4.15. The van der Waals surface area contributed by atoms with Gasteiger partial charge in [0, 0.05) is 36.1 Å². The minimum atomic E-state index is -0.435. The van der Waals surface area contributed by atoms with Crippen LogP contribution in [-0.4, -0.2) is 28.4 Å². The molecular formula is C17H18FN3O. The minimum Gasteiger partial charge on any atom is -0.330 e. The number of rotatable bonds is 2. The number of nitrogens with two attached hydrogens (primary N) is 1. The standard InChI is InChI=1S/C17H18FN3O/c18-14-5-2-1-4-13(14)16-15(19)6-3-11-21(16)17(22)12-7-9-20-10-8-12/h1-2,4-5,7-10,15-16H,3,6,11,19H2/t15-,16+/m1/s1. The first-order chi connectivity index (χ1) is 10.7. The SMILES string of the molecule is N[C@@H]1CCCN(C(=O)c2ccncc2)[C@H]1c1ccccc1F. The maximum Gasteiger partial charge on any atom is 0.254 e. The van der Waals surface area contributed by atoms with E-state index >= 15 is 0 Å². The molecule has 0 radical (unpaired) electrons. The summed E-state index contributed by atoms with van der Waals surface area (Å²) in [6.07, 6.45) is 4.76. The molecule has 0 aliphatic carbocycles. The maximum absolute atomic E-state index is 14.2. The molecule has 5 heteroatoms. The quantitative estimate of drug-likeness (QED) is 0.927. The summed E-state index contributed by atoms with van der Waals surface area (Å²) in [4.78, 5) is 18.4. The molecule has 2 heterocycles. The van der Waals surface area contributed by atoms with Crippen molar-refractivity contribution in [2.24, 2.45) is 5.73 Å². The predicted molar refractivity (Wildman–Crippen MR) is 81.6 cm³/mol. The van der Waals surface area contributed by atoms with Gasteiger partial charge in [-0.3, -0.25) is 9.78 Å². The van der Waals surface area contributed by atoms with Gasteiger partial charge in [-0.2, -0.15) is 0 Å². The lowest BCUT2D eigenvalue weighted by molar-refractivity contribution is 0.0571. The van der Waals surface area contributed by atoms with Gasteiger partial charge in [0.25, 0.3) is 5.91 Å². The molecule has 0 unspecified atom stereocenters. The molecule has 3 rings (SSSR count). The van der Waals surface area contributed by atoms with Gasteiger partial charge in [-0.1, -0.05) is 18.2 Å². The van der Waals surface area contributed by atoms with E-state index in [1.807, 2.05) is 0 Å². The highest BCUT2D eigenvalue weighted by atomic mass is 19.1. The zero-order valence-electron chi connectivity index (χ0n) is 12.2. The number of hydrogen-bond acceptors (Lipinski definition) is 3. The number of carbonyl (C=O) groups is 1. The molecule has 2 aromatic rings. The molecule has 2 atom stereocenters. The predicted octanol–water partition coefficient (Wildman–Crippen LogP) is 2.53. The van der Waals surface area contributed by atoms with E-state index in [2.05, 4.69) is 4.98 Å². The third kappa shape index (κ3) is 2.72. The van der Waals surface area contributed by atoms with Gasteiger partial charge in [-0.05, 0) is 31.0 Å². The first kappa shape index (κ1) is 14.7. The van der Waals surface area contributed by atoms with E-state index in [4.69, 9.17) is 5.73 Å². The second-order valence-corrected chi connectivity index (χ2v) is 5.51. The molecular weight excluding hydrogens is 281 g/mol. The summed E-state index contributed by atoms with van der Waals surface area (Å²) in [5, 5.41) is 0. The Morgan fingerprint density at radius 2 is 1.95 bits per heavy atom. The van der Waals surface area contributed by atoms with E-state index in [-0.39, 0.29) is 17.8 Å². The van der Waals surface area contributed by atoms with Gasteiger partial charge in [0.2, 0.25) is 0 Å². The second kappa shape index (κ2) is 6.23. The summed E-state index contributed by atoms with van der Waals surface area (Å²) in [5.41, 5.74) is 7.24. The highest BCUT2D eigenvalue weighted by Gasteiger charge is 2.35. The molecule has 1 fully saturated rings. The zero-order chi connectivity index (χ0) is 15.5. The van der Waals surface area contributed by atoms with Gasteiger partial charge in [-0.25, -0.2) is 4.39 Å². The molecule has 1 saturated heterocycles. The lowest BCUT2D eigenvalue weighted by Gasteiger charge is -2.40. The topological polar surface area (TPSA) is 59.2 Å². The fourth-order valence-corrected chi connectivity index (χ4v) is 3.03. The number of hydrogen-bond donors (Lipinski definition) is 1. The Balaban J connectivity index is 1.97. The van der Waals surface area contributed by atoms with Crippen molar-refractivity contribution in [3.05, 3.63) is 65.7 Å². The lowest BCUT2D eigenvalue weighted by atomic mass is 9.90. The summed E-state index contributed by atoms with van der Waals surface area (Å²) in [7, 11) is 0. The molecule has 22 heavy (non-hydrogen) atoms. The molecule has 4 nitrogen and oxygen atoms in total. The Labute approximate surface area is 128 Å². The largest absolute Gasteiger partial charge is 0.330 e. The summed E-state index contributed by atoms with van der Waals surface area (Å²) in [5.74, 6) is -0.455. The molecule has 114 valence electrons. The smallest absolute Gasteiger partial charge is 0.254 e. The van der Waals surface area contributed by atoms with E-state index in [0.29, 0.717) is 17.7 Å². The molecule has 1 aliphatic heterocycles. The van der Waals surface area contributed by atoms with Crippen LogP contribution >= 0.6 is 0 Å². The Bertz CT molecular complexity index is 662. The molecule has 1 aromatic heterocycles. The van der Waals surface area contributed by atoms with Crippen molar-refractivity contribution >= 4 is 5.91 Å². The van der Waals surface area contributed by atoms with Crippen LogP contribution in [0.2, 0.25) is 0 Å². The van der Waals surface area contributed by atoms with Crippen LogP contribution in [0.5, 0.6) is 0 Å². The maximum atomic E-state index is 14.2. The summed E-state index contributed by atoms with van der Waals surface area (Å²) in [6, 6.07) is 9.16. The molecule has 1 aliphatic rings. The highest BCUT2D eigenvalue weighted by molar-refractivity contribution is 5.94. The summed E-state index contributed by atoms with van der Waals surface area (Å²) < 4.78 is 14.2. The number of piperidine rings is 1. The normalized spacial score (nSPS) is 21.6. The Morgan fingerprint density at radius 3 is 2.68 bits per heavy atom. The second-order valence-electron chi connectivity index (χ2n) is 5.51.